The van der Waals surface area contributed by atoms with Gasteiger partial charge in [-0.05, 0) is 17.5 Å². The summed E-state index contributed by atoms with van der Waals surface area (Å²) in [6.45, 7) is 6.50. The third kappa shape index (κ3) is 4.92. The van der Waals surface area contributed by atoms with Crippen LogP contribution < -0.4 is 10.5 Å². The van der Waals surface area contributed by atoms with Crippen molar-refractivity contribution in [2.24, 2.45) is 16.1 Å². The van der Waals surface area contributed by atoms with E-state index in [0.717, 1.165) is 0 Å². The van der Waals surface area contributed by atoms with Crippen molar-refractivity contribution in [2.75, 3.05) is 12.5 Å². The summed E-state index contributed by atoms with van der Waals surface area (Å²) in [4.78, 5) is 3.96. The Morgan fingerprint density at radius 3 is 2.61 bits per heavy atom. The van der Waals surface area contributed by atoms with Crippen molar-refractivity contribution >= 4 is 23.1 Å². The van der Waals surface area contributed by atoms with Gasteiger partial charge in [0.1, 0.15) is 5.84 Å². The van der Waals surface area contributed by atoms with Crippen molar-refractivity contribution in [3.63, 3.8) is 0 Å². The molecule has 0 aromatic heterocycles. The van der Waals surface area contributed by atoms with Crippen LogP contribution in [0.4, 0.5) is 10.1 Å². The predicted octanol–water partition coefficient (Wildman–Crippen LogP) is 3.48. The first-order chi connectivity index (χ1) is 8.31. The van der Waals surface area contributed by atoms with Crippen LogP contribution in [0.3, 0.4) is 0 Å². The van der Waals surface area contributed by atoms with E-state index in [-0.39, 0.29) is 22.9 Å². The number of rotatable bonds is 4. The molecule has 3 nitrogen and oxygen atoms in total. The van der Waals surface area contributed by atoms with Crippen molar-refractivity contribution in [1.82, 2.24) is 0 Å². The zero-order chi connectivity index (χ0) is 13.8. The van der Waals surface area contributed by atoms with Crippen LogP contribution in [-0.2, 0) is 0 Å². The van der Waals surface area contributed by atoms with Crippen LogP contribution in [0.1, 0.15) is 20.8 Å². The molecule has 0 atom stereocenters. The smallest absolute Gasteiger partial charge is 0.167 e. The summed E-state index contributed by atoms with van der Waals surface area (Å²) in [5, 5.41) is 0. The summed E-state index contributed by atoms with van der Waals surface area (Å²) in [5.41, 5.74) is 5.88. The molecule has 100 valence electrons. The Kier molecular flexibility index (Phi) is 4.96. The highest BCUT2D eigenvalue weighted by Gasteiger charge is 2.13. The highest BCUT2D eigenvalue weighted by atomic mass is 35.5. The maximum absolute atomic E-state index is 13.7. The fourth-order valence-corrected chi connectivity index (χ4v) is 1.23. The van der Waals surface area contributed by atoms with Crippen molar-refractivity contribution in [1.29, 1.82) is 0 Å². The minimum Gasteiger partial charge on any atom is -0.490 e. The Morgan fingerprint density at radius 1 is 1.44 bits per heavy atom. The third-order valence-electron chi connectivity index (χ3n) is 1.99. The van der Waals surface area contributed by atoms with E-state index in [1.54, 1.807) is 12.1 Å². The van der Waals surface area contributed by atoms with E-state index in [0.29, 0.717) is 12.3 Å². The van der Waals surface area contributed by atoms with Gasteiger partial charge in [-0.25, -0.2) is 9.38 Å². The van der Waals surface area contributed by atoms with Crippen molar-refractivity contribution < 1.29 is 9.13 Å². The normalized spacial score (nSPS) is 12.6. The van der Waals surface area contributed by atoms with E-state index < -0.39 is 5.82 Å². The molecule has 0 bridgehead atoms. The molecule has 0 saturated heterocycles. The van der Waals surface area contributed by atoms with Gasteiger partial charge >= 0.3 is 0 Å². The van der Waals surface area contributed by atoms with Gasteiger partial charge in [0.2, 0.25) is 0 Å². The lowest BCUT2D eigenvalue weighted by molar-refractivity contribution is 0.191. The van der Waals surface area contributed by atoms with Gasteiger partial charge in [-0.2, -0.15) is 0 Å². The maximum atomic E-state index is 13.7. The molecule has 0 aliphatic heterocycles. The SMILES string of the molecule is CC(C)(C)COc1ccc(N=C(N)CCl)cc1F. The van der Waals surface area contributed by atoms with E-state index in [9.17, 15) is 4.39 Å². The van der Waals surface area contributed by atoms with Crippen molar-refractivity contribution in [2.45, 2.75) is 20.8 Å². The Balaban J connectivity index is 2.80. The zero-order valence-electron chi connectivity index (χ0n) is 10.8. The second kappa shape index (κ2) is 6.05. The van der Waals surface area contributed by atoms with E-state index >= 15 is 0 Å². The van der Waals surface area contributed by atoms with E-state index in [4.69, 9.17) is 22.1 Å². The van der Waals surface area contributed by atoms with Crippen LogP contribution in [0.2, 0.25) is 0 Å². The van der Waals surface area contributed by atoms with Gasteiger partial charge in [-0.15, -0.1) is 11.6 Å². The first-order valence-electron chi connectivity index (χ1n) is 5.63. The molecule has 0 spiro atoms. The van der Waals surface area contributed by atoms with Gasteiger partial charge in [0.25, 0.3) is 0 Å². The first-order valence-corrected chi connectivity index (χ1v) is 6.16. The minimum atomic E-state index is -0.456. The molecule has 0 heterocycles. The number of hydrogen-bond donors (Lipinski definition) is 1. The average Bonchev–Trinajstić information content (AvgIpc) is 2.26. The third-order valence-corrected chi connectivity index (χ3v) is 2.26. The summed E-state index contributed by atoms with van der Waals surface area (Å²) < 4.78 is 19.1. The Hall–Kier alpha value is -1.29. The van der Waals surface area contributed by atoms with Gasteiger partial charge in [-0.1, -0.05) is 20.8 Å². The van der Waals surface area contributed by atoms with Crippen LogP contribution in [0.25, 0.3) is 0 Å². The number of nitrogens with two attached hydrogens (primary N) is 1. The number of ether oxygens (including phenoxy) is 1. The lowest BCUT2D eigenvalue weighted by Gasteiger charge is -2.19. The number of halogens is 2. The summed E-state index contributed by atoms with van der Waals surface area (Å²) in [6.07, 6.45) is 0. The monoisotopic (exact) mass is 272 g/mol. The second-order valence-electron chi connectivity index (χ2n) is 5.20. The Morgan fingerprint density at radius 2 is 2.11 bits per heavy atom. The first kappa shape index (κ1) is 14.8. The lowest BCUT2D eigenvalue weighted by Crippen LogP contribution is -2.17. The molecule has 1 aromatic carbocycles. The van der Waals surface area contributed by atoms with E-state index in [1.165, 1.54) is 6.07 Å². The van der Waals surface area contributed by atoms with Crippen LogP contribution in [0.5, 0.6) is 5.75 Å². The van der Waals surface area contributed by atoms with Gasteiger partial charge in [0.05, 0.1) is 18.2 Å². The number of aliphatic imine (C=N–C) groups is 1. The Bertz CT molecular complexity index is 441. The van der Waals surface area contributed by atoms with Gasteiger partial charge in [-0.3, -0.25) is 0 Å². The van der Waals surface area contributed by atoms with Crippen LogP contribution in [0.15, 0.2) is 23.2 Å². The quantitative estimate of drug-likeness (QED) is 0.518. The number of amidine groups is 1. The molecule has 0 aliphatic carbocycles. The zero-order valence-corrected chi connectivity index (χ0v) is 11.6. The maximum Gasteiger partial charge on any atom is 0.167 e. The fraction of sp³-hybridized carbons (Fsp3) is 0.462. The van der Waals surface area contributed by atoms with Gasteiger partial charge in [0.15, 0.2) is 11.6 Å². The molecule has 0 radical (unpaired) electrons. The van der Waals surface area contributed by atoms with E-state index in [1.807, 2.05) is 20.8 Å². The van der Waals surface area contributed by atoms with Crippen LogP contribution >= 0.6 is 11.6 Å². The Labute approximate surface area is 112 Å². The minimum absolute atomic E-state index is 0.0215. The standard InChI is InChI=1S/C13H18ClFN2O/c1-13(2,3)8-18-11-5-4-9(6-10(11)15)17-12(16)7-14/h4-6H,7-8H2,1-3H3,(H2,16,17). The number of alkyl halides is 1. The number of hydrogen-bond acceptors (Lipinski definition) is 2. The molecule has 18 heavy (non-hydrogen) atoms. The number of benzene rings is 1. The lowest BCUT2D eigenvalue weighted by atomic mass is 9.99. The van der Waals surface area contributed by atoms with E-state index in [2.05, 4.69) is 4.99 Å². The van der Waals surface area contributed by atoms with Crippen LogP contribution in [0, 0.1) is 11.2 Å². The molecular formula is C13H18ClFN2O. The highest BCUT2D eigenvalue weighted by Crippen LogP contribution is 2.25. The molecular weight excluding hydrogens is 255 g/mol. The summed E-state index contributed by atoms with van der Waals surface area (Å²) >= 11 is 5.50. The van der Waals surface area contributed by atoms with Gasteiger partial charge in [0, 0.05) is 6.07 Å². The predicted molar refractivity (Wildman–Crippen MR) is 73.4 cm³/mol. The summed E-state index contributed by atoms with van der Waals surface area (Å²) in [5.74, 6) is 0.125. The molecule has 0 fully saturated rings. The molecule has 0 amide bonds. The molecule has 1 rings (SSSR count). The average molecular weight is 273 g/mol. The second-order valence-corrected chi connectivity index (χ2v) is 5.47. The molecule has 0 aliphatic rings. The molecule has 1 aromatic rings. The van der Waals surface area contributed by atoms with Crippen LogP contribution in [-0.4, -0.2) is 18.3 Å². The van der Waals surface area contributed by atoms with Gasteiger partial charge < -0.3 is 10.5 Å². The largest absolute Gasteiger partial charge is 0.490 e. The molecule has 2 N–H and O–H groups in total. The highest BCUT2D eigenvalue weighted by molar-refractivity contribution is 6.28. The van der Waals surface area contributed by atoms with Crippen molar-refractivity contribution in [3.05, 3.63) is 24.0 Å². The molecule has 0 unspecified atom stereocenters. The summed E-state index contributed by atoms with van der Waals surface area (Å²) in [7, 11) is 0. The summed E-state index contributed by atoms with van der Waals surface area (Å²) in [6, 6.07) is 4.46. The molecule has 5 heteroatoms. The van der Waals surface area contributed by atoms with Crippen molar-refractivity contribution in [3.8, 4) is 5.75 Å². The molecule has 0 saturated carbocycles. The fourth-order valence-electron chi connectivity index (χ4n) is 1.17. The number of nitrogens with zero attached hydrogens (tertiary/aromatic N) is 1. The topological polar surface area (TPSA) is 47.6 Å².